The van der Waals surface area contributed by atoms with E-state index in [0.717, 1.165) is 19.5 Å². The molecule has 0 N–H and O–H groups in total. The molecule has 1 aliphatic heterocycles. The zero-order chi connectivity index (χ0) is 9.97. The predicted molar refractivity (Wildman–Crippen MR) is 57.3 cm³/mol. The minimum Gasteiger partial charge on any atom is -0.370 e. The van der Waals surface area contributed by atoms with Crippen LogP contribution in [0.25, 0.3) is 0 Å². The molecule has 0 aromatic heterocycles. The van der Waals surface area contributed by atoms with Crippen molar-refractivity contribution in [3.05, 3.63) is 29.3 Å². The lowest BCUT2D eigenvalue weighted by Gasteiger charge is -2.19. The van der Waals surface area contributed by atoms with Gasteiger partial charge >= 0.3 is 0 Å². The molecule has 14 heavy (non-hydrogen) atoms. The Hall–Kier alpha value is -1.49. The number of hydrogen-bond donors (Lipinski definition) is 0. The van der Waals surface area contributed by atoms with Crippen molar-refractivity contribution in [1.29, 1.82) is 5.26 Å². The molecule has 1 heterocycles. The van der Waals surface area contributed by atoms with Gasteiger partial charge in [0, 0.05) is 18.8 Å². The summed E-state index contributed by atoms with van der Waals surface area (Å²) < 4.78 is 0. The number of anilines is 1. The lowest BCUT2D eigenvalue weighted by molar-refractivity contribution is 0.829. The van der Waals surface area contributed by atoms with Crippen LogP contribution in [0.2, 0.25) is 0 Å². The topological polar surface area (TPSA) is 27.0 Å². The van der Waals surface area contributed by atoms with Crippen LogP contribution in [0.3, 0.4) is 0 Å². The number of hydrogen-bond acceptors (Lipinski definition) is 2. The summed E-state index contributed by atoms with van der Waals surface area (Å²) in [5, 5.41) is 8.57. The summed E-state index contributed by atoms with van der Waals surface area (Å²) in [5.41, 5.74) is 4.13. The molecule has 2 heteroatoms. The lowest BCUT2D eigenvalue weighted by Crippen LogP contribution is -2.21. The van der Waals surface area contributed by atoms with E-state index >= 15 is 0 Å². The fourth-order valence-electron chi connectivity index (χ4n) is 2.15. The van der Waals surface area contributed by atoms with E-state index in [1.807, 2.05) is 0 Å². The van der Waals surface area contributed by atoms with E-state index in [1.165, 1.54) is 16.8 Å². The third-order valence-corrected chi connectivity index (χ3v) is 2.78. The molecule has 0 atom stereocenters. The average Bonchev–Trinajstić information content (AvgIpc) is 2.59. The maximum atomic E-state index is 8.57. The highest BCUT2D eigenvalue weighted by Crippen LogP contribution is 2.30. The van der Waals surface area contributed by atoms with Gasteiger partial charge in [0.1, 0.15) is 0 Å². The molecule has 0 radical (unpaired) electrons. The standard InChI is InChI=1S/C12H14N2/c1-10-4-2-5-11-6-9-14(12(10)11)8-3-7-13/h2,4-5H,3,6,8-9H2,1H3. The van der Waals surface area contributed by atoms with Gasteiger partial charge in [-0.25, -0.2) is 0 Å². The van der Waals surface area contributed by atoms with E-state index in [-0.39, 0.29) is 0 Å². The van der Waals surface area contributed by atoms with Crippen molar-refractivity contribution >= 4 is 5.69 Å². The smallest absolute Gasteiger partial charge is 0.0640 e. The summed E-state index contributed by atoms with van der Waals surface area (Å²) in [7, 11) is 0. The molecule has 1 aliphatic rings. The number of para-hydroxylation sites is 1. The first kappa shape index (κ1) is 9.08. The number of rotatable bonds is 2. The number of fused-ring (bicyclic) bond motifs is 1. The minimum absolute atomic E-state index is 0.619. The summed E-state index contributed by atoms with van der Waals surface area (Å²) in [6.45, 7) is 4.08. The molecule has 0 spiro atoms. The van der Waals surface area contributed by atoms with Crippen LogP contribution in [0.1, 0.15) is 17.5 Å². The quantitative estimate of drug-likeness (QED) is 0.708. The van der Waals surface area contributed by atoms with Gasteiger partial charge in [0.25, 0.3) is 0 Å². The number of nitriles is 1. The first-order valence-corrected chi connectivity index (χ1v) is 5.03. The molecular formula is C12H14N2. The molecule has 0 fully saturated rings. The van der Waals surface area contributed by atoms with Gasteiger partial charge in [0.2, 0.25) is 0 Å². The van der Waals surface area contributed by atoms with E-state index in [1.54, 1.807) is 0 Å². The van der Waals surface area contributed by atoms with E-state index in [2.05, 4.69) is 36.1 Å². The van der Waals surface area contributed by atoms with Gasteiger partial charge in [-0.05, 0) is 24.5 Å². The van der Waals surface area contributed by atoms with Crippen LogP contribution in [-0.4, -0.2) is 13.1 Å². The van der Waals surface area contributed by atoms with Crippen LogP contribution in [0, 0.1) is 18.3 Å². The first-order valence-electron chi connectivity index (χ1n) is 5.03. The van der Waals surface area contributed by atoms with Crippen LogP contribution in [0.15, 0.2) is 18.2 Å². The SMILES string of the molecule is Cc1cccc2c1N(CCC#N)CC2. The minimum atomic E-state index is 0.619. The van der Waals surface area contributed by atoms with Gasteiger partial charge in [-0.2, -0.15) is 5.26 Å². The van der Waals surface area contributed by atoms with Gasteiger partial charge in [-0.15, -0.1) is 0 Å². The third-order valence-electron chi connectivity index (χ3n) is 2.78. The van der Waals surface area contributed by atoms with E-state index < -0.39 is 0 Å². The van der Waals surface area contributed by atoms with Crippen molar-refractivity contribution in [2.45, 2.75) is 19.8 Å². The molecule has 1 aromatic rings. The summed E-state index contributed by atoms with van der Waals surface area (Å²) in [4.78, 5) is 2.33. The maximum Gasteiger partial charge on any atom is 0.0640 e. The van der Waals surface area contributed by atoms with Crippen molar-refractivity contribution in [3.8, 4) is 6.07 Å². The summed E-state index contributed by atoms with van der Waals surface area (Å²) in [5.74, 6) is 0. The largest absolute Gasteiger partial charge is 0.370 e. The monoisotopic (exact) mass is 186 g/mol. The summed E-state index contributed by atoms with van der Waals surface area (Å²) >= 11 is 0. The van der Waals surface area contributed by atoms with Crippen LogP contribution < -0.4 is 4.90 Å². The molecular weight excluding hydrogens is 172 g/mol. The molecule has 2 rings (SSSR count). The highest BCUT2D eigenvalue weighted by Gasteiger charge is 2.19. The van der Waals surface area contributed by atoms with Crippen molar-refractivity contribution in [3.63, 3.8) is 0 Å². The Morgan fingerprint density at radius 2 is 2.36 bits per heavy atom. The Balaban J connectivity index is 2.25. The zero-order valence-electron chi connectivity index (χ0n) is 8.45. The van der Waals surface area contributed by atoms with Gasteiger partial charge in [0.05, 0.1) is 12.5 Å². The van der Waals surface area contributed by atoms with E-state index in [0.29, 0.717) is 6.42 Å². The number of benzene rings is 1. The lowest BCUT2D eigenvalue weighted by atomic mass is 10.1. The van der Waals surface area contributed by atoms with Gasteiger partial charge in [-0.1, -0.05) is 18.2 Å². The van der Waals surface area contributed by atoms with Gasteiger partial charge in [-0.3, -0.25) is 0 Å². The fraction of sp³-hybridized carbons (Fsp3) is 0.417. The molecule has 0 saturated carbocycles. The normalized spacial score (nSPS) is 13.9. The fourth-order valence-corrected chi connectivity index (χ4v) is 2.15. The second-order valence-corrected chi connectivity index (χ2v) is 3.73. The third kappa shape index (κ3) is 1.46. The zero-order valence-corrected chi connectivity index (χ0v) is 8.45. The van der Waals surface area contributed by atoms with Crippen molar-refractivity contribution in [2.75, 3.05) is 18.0 Å². The Morgan fingerprint density at radius 1 is 1.50 bits per heavy atom. The molecule has 0 amide bonds. The van der Waals surface area contributed by atoms with Crippen LogP contribution in [0.4, 0.5) is 5.69 Å². The van der Waals surface area contributed by atoms with Crippen molar-refractivity contribution in [2.24, 2.45) is 0 Å². The van der Waals surface area contributed by atoms with Crippen LogP contribution >= 0.6 is 0 Å². The van der Waals surface area contributed by atoms with Crippen molar-refractivity contribution < 1.29 is 0 Å². The average molecular weight is 186 g/mol. The molecule has 0 saturated heterocycles. The molecule has 72 valence electrons. The first-order chi connectivity index (χ1) is 6.83. The summed E-state index contributed by atoms with van der Waals surface area (Å²) in [6, 6.07) is 8.65. The van der Waals surface area contributed by atoms with E-state index in [9.17, 15) is 0 Å². The molecule has 2 nitrogen and oxygen atoms in total. The van der Waals surface area contributed by atoms with E-state index in [4.69, 9.17) is 5.26 Å². The second kappa shape index (κ2) is 3.71. The van der Waals surface area contributed by atoms with Gasteiger partial charge in [0.15, 0.2) is 0 Å². The Kier molecular flexibility index (Phi) is 2.41. The van der Waals surface area contributed by atoms with Crippen LogP contribution in [-0.2, 0) is 6.42 Å². The van der Waals surface area contributed by atoms with Crippen LogP contribution in [0.5, 0.6) is 0 Å². The maximum absolute atomic E-state index is 8.57. The highest BCUT2D eigenvalue weighted by molar-refractivity contribution is 5.62. The second-order valence-electron chi connectivity index (χ2n) is 3.73. The predicted octanol–water partition coefficient (Wildman–Crippen LogP) is 2.27. The molecule has 0 aliphatic carbocycles. The Bertz CT molecular complexity index is 376. The van der Waals surface area contributed by atoms with Gasteiger partial charge < -0.3 is 4.90 Å². The molecule has 0 bridgehead atoms. The molecule has 0 unspecified atom stereocenters. The number of nitrogens with zero attached hydrogens (tertiary/aromatic N) is 2. The molecule has 1 aromatic carbocycles. The highest BCUT2D eigenvalue weighted by atomic mass is 15.1. The Morgan fingerprint density at radius 3 is 3.14 bits per heavy atom. The van der Waals surface area contributed by atoms with Crippen molar-refractivity contribution in [1.82, 2.24) is 0 Å². The number of aryl methyl sites for hydroxylation is 1. The Labute approximate surface area is 84.8 Å². The summed E-state index contributed by atoms with van der Waals surface area (Å²) in [6.07, 6.45) is 1.75.